The SMILES string of the molecule is COc1ccccc1[C@H](CNC(=O)c1ccc2c(c1)C(=O)N(C[C@@H]1CCCO1)C2=O)N1CCCCC1. The molecule has 3 aliphatic heterocycles. The van der Waals surface area contributed by atoms with Crippen molar-refractivity contribution in [3.05, 3.63) is 64.7 Å². The summed E-state index contributed by atoms with van der Waals surface area (Å²) in [5.41, 5.74) is 2.03. The van der Waals surface area contributed by atoms with Gasteiger partial charge in [0.05, 0.1) is 36.9 Å². The summed E-state index contributed by atoms with van der Waals surface area (Å²) in [4.78, 5) is 42.6. The molecule has 3 aliphatic rings. The third kappa shape index (κ3) is 4.88. The predicted octanol–water partition coefficient (Wildman–Crippen LogP) is 3.43. The summed E-state index contributed by atoms with van der Waals surface area (Å²) >= 11 is 0. The van der Waals surface area contributed by atoms with Crippen molar-refractivity contribution in [2.75, 3.05) is 39.9 Å². The number of rotatable bonds is 8. The van der Waals surface area contributed by atoms with Crippen LogP contribution in [0.4, 0.5) is 0 Å². The van der Waals surface area contributed by atoms with Gasteiger partial charge >= 0.3 is 0 Å². The van der Waals surface area contributed by atoms with E-state index in [0.717, 1.165) is 50.1 Å². The number of carbonyl (C=O) groups excluding carboxylic acids is 3. The topological polar surface area (TPSA) is 88.2 Å². The summed E-state index contributed by atoms with van der Waals surface area (Å²) < 4.78 is 11.2. The van der Waals surface area contributed by atoms with Gasteiger partial charge in [-0.25, -0.2) is 0 Å². The van der Waals surface area contributed by atoms with Crippen LogP contribution in [0.3, 0.4) is 0 Å². The van der Waals surface area contributed by atoms with E-state index in [4.69, 9.17) is 9.47 Å². The van der Waals surface area contributed by atoms with E-state index in [1.807, 2.05) is 24.3 Å². The zero-order valence-corrected chi connectivity index (χ0v) is 20.7. The molecule has 0 saturated carbocycles. The van der Waals surface area contributed by atoms with Crippen LogP contribution in [0.2, 0.25) is 0 Å². The molecule has 2 aromatic carbocycles. The lowest BCUT2D eigenvalue weighted by Gasteiger charge is -2.35. The highest BCUT2D eigenvalue weighted by atomic mass is 16.5. The fraction of sp³-hybridized carbons (Fsp3) is 0.464. The lowest BCUT2D eigenvalue weighted by molar-refractivity contribution is 0.0475. The standard InChI is InChI=1S/C28H33N3O5/c1-35-25-10-4-3-9-22(25)24(30-13-5-2-6-14-30)17-29-26(32)19-11-12-21-23(16-19)28(34)31(27(21)33)18-20-8-7-15-36-20/h3-4,9-12,16,20,24H,2,5-8,13-15,17-18H2,1H3,(H,29,32)/t20-,24-/m0/s1. The first-order valence-corrected chi connectivity index (χ1v) is 12.8. The number of piperidine rings is 1. The number of amides is 3. The zero-order chi connectivity index (χ0) is 25.1. The van der Waals surface area contributed by atoms with E-state index in [2.05, 4.69) is 10.2 Å². The van der Waals surface area contributed by atoms with E-state index in [-0.39, 0.29) is 42.0 Å². The summed E-state index contributed by atoms with van der Waals surface area (Å²) in [5, 5.41) is 3.07. The predicted molar refractivity (Wildman–Crippen MR) is 134 cm³/mol. The molecule has 0 spiro atoms. The number of methoxy groups -OCH3 is 1. The van der Waals surface area contributed by atoms with Crippen LogP contribution in [0.5, 0.6) is 5.75 Å². The van der Waals surface area contributed by atoms with Crippen LogP contribution in [0.25, 0.3) is 0 Å². The highest BCUT2D eigenvalue weighted by Crippen LogP contribution is 2.31. The van der Waals surface area contributed by atoms with Crippen molar-refractivity contribution in [2.24, 2.45) is 0 Å². The van der Waals surface area contributed by atoms with Gasteiger partial charge < -0.3 is 14.8 Å². The minimum Gasteiger partial charge on any atom is -0.496 e. The van der Waals surface area contributed by atoms with Crippen molar-refractivity contribution < 1.29 is 23.9 Å². The lowest BCUT2D eigenvalue weighted by Crippen LogP contribution is -2.40. The molecule has 2 atom stereocenters. The first-order chi connectivity index (χ1) is 17.6. The molecule has 5 rings (SSSR count). The molecule has 2 fully saturated rings. The summed E-state index contributed by atoms with van der Waals surface area (Å²) in [5.74, 6) is -0.151. The third-order valence-corrected chi connectivity index (χ3v) is 7.43. The van der Waals surface area contributed by atoms with Crippen LogP contribution in [0, 0.1) is 0 Å². The quantitative estimate of drug-likeness (QED) is 0.570. The van der Waals surface area contributed by atoms with Crippen LogP contribution in [0.1, 0.15) is 74.8 Å². The van der Waals surface area contributed by atoms with Crippen molar-refractivity contribution in [1.29, 1.82) is 0 Å². The molecule has 8 heteroatoms. The maximum atomic E-state index is 13.2. The van der Waals surface area contributed by atoms with Gasteiger partial charge in [0.1, 0.15) is 5.75 Å². The molecule has 0 radical (unpaired) electrons. The van der Waals surface area contributed by atoms with Crippen LogP contribution < -0.4 is 10.1 Å². The molecule has 190 valence electrons. The van der Waals surface area contributed by atoms with Gasteiger partial charge in [-0.05, 0) is 63.0 Å². The van der Waals surface area contributed by atoms with Crippen LogP contribution >= 0.6 is 0 Å². The molecule has 2 saturated heterocycles. The molecule has 0 unspecified atom stereocenters. The number of likely N-dealkylation sites (tertiary alicyclic amines) is 1. The third-order valence-electron chi connectivity index (χ3n) is 7.43. The Morgan fingerprint density at radius 1 is 1.06 bits per heavy atom. The number of nitrogens with one attached hydrogen (secondary N) is 1. The molecule has 8 nitrogen and oxygen atoms in total. The Bertz CT molecular complexity index is 1140. The number of hydrogen-bond donors (Lipinski definition) is 1. The number of nitrogens with zero attached hydrogens (tertiary/aromatic N) is 2. The average molecular weight is 492 g/mol. The molecule has 2 aromatic rings. The Labute approximate surface area is 211 Å². The second-order valence-corrected chi connectivity index (χ2v) is 9.68. The number of ether oxygens (including phenoxy) is 2. The summed E-state index contributed by atoms with van der Waals surface area (Å²) in [7, 11) is 1.66. The fourth-order valence-electron chi connectivity index (χ4n) is 5.49. The van der Waals surface area contributed by atoms with E-state index in [0.29, 0.717) is 24.3 Å². The lowest BCUT2D eigenvalue weighted by atomic mass is 10.00. The molecule has 1 N–H and O–H groups in total. The Balaban J connectivity index is 1.31. The number of para-hydroxylation sites is 1. The van der Waals surface area contributed by atoms with Crippen molar-refractivity contribution in [1.82, 2.24) is 15.1 Å². The normalized spacial score (nSPS) is 20.9. The van der Waals surface area contributed by atoms with Gasteiger partial charge in [-0.2, -0.15) is 0 Å². The average Bonchev–Trinajstić information content (AvgIpc) is 3.52. The zero-order valence-electron chi connectivity index (χ0n) is 20.7. The van der Waals surface area contributed by atoms with Gasteiger partial charge in [-0.1, -0.05) is 24.6 Å². The molecule has 0 aliphatic carbocycles. The van der Waals surface area contributed by atoms with Gasteiger partial charge in [0.2, 0.25) is 0 Å². The Kier molecular flexibility index (Phi) is 7.34. The minimum absolute atomic E-state index is 0.0232. The summed E-state index contributed by atoms with van der Waals surface area (Å²) in [6.45, 7) is 3.26. The molecule has 3 amide bonds. The Hall–Kier alpha value is -3.23. The van der Waals surface area contributed by atoms with Gasteiger partial charge in [-0.3, -0.25) is 24.2 Å². The van der Waals surface area contributed by atoms with Crippen molar-refractivity contribution in [2.45, 2.75) is 44.2 Å². The molecule has 0 bridgehead atoms. The summed E-state index contributed by atoms with van der Waals surface area (Å²) in [6.07, 6.45) is 5.13. The van der Waals surface area contributed by atoms with Crippen molar-refractivity contribution >= 4 is 17.7 Å². The Morgan fingerprint density at radius 2 is 1.83 bits per heavy atom. The number of imide groups is 1. The number of carbonyl (C=O) groups is 3. The van der Waals surface area contributed by atoms with Gasteiger partial charge in [0.25, 0.3) is 17.7 Å². The molecular formula is C28H33N3O5. The van der Waals surface area contributed by atoms with Crippen LogP contribution in [0.15, 0.2) is 42.5 Å². The van der Waals surface area contributed by atoms with Gasteiger partial charge in [0, 0.05) is 24.3 Å². The highest BCUT2D eigenvalue weighted by Gasteiger charge is 2.38. The highest BCUT2D eigenvalue weighted by molar-refractivity contribution is 6.22. The number of fused-ring (bicyclic) bond motifs is 1. The smallest absolute Gasteiger partial charge is 0.261 e. The van der Waals surface area contributed by atoms with Crippen molar-refractivity contribution in [3.63, 3.8) is 0 Å². The van der Waals surface area contributed by atoms with Gasteiger partial charge in [0.15, 0.2) is 0 Å². The van der Waals surface area contributed by atoms with Crippen LogP contribution in [-0.2, 0) is 4.74 Å². The van der Waals surface area contributed by atoms with E-state index >= 15 is 0 Å². The first-order valence-electron chi connectivity index (χ1n) is 12.8. The largest absolute Gasteiger partial charge is 0.496 e. The molecule has 0 aromatic heterocycles. The Morgan fingerprint density at radius 3 is 2.58 bits per heavy atom. The maximum Gasteiger partial charge on any atom is 0.261 e. The number of hydrogen-bond acceptors (Lipinski definition) is 6. The van der Waals surface area contributed by atoms with Gasteiger partial charge in [-0.15, -0.1) is 0 Å². The fourth-order valence-corrected chi connectivity index (χ4v) is 5.49. The minimum atomic E-state index is -0.361. The monoisotopic (exact) mass is 491 g/mol. The molecule has 36 heavy (non-hydrogen) atoms. The second-order valence-electron chi connectivity index (χ2n) is 9.68. The molecular weight excluding hydrogens is 458 g/mol. The number of benzene rings is 2. The van der Waals surface area contributed by atoms with E-state index in [9.17, 15) is 14.4 Å². The maximum absolute atomic E-state index is 13.2. The first kappa shape index (κ1) is 24.5. The van der Waals surface area contributed by atoms with E-state index < -0.39 is 0 Å². The van der Waals surface area contributed by atoms with Crippen LogP contribution in [-0.4, -0.2) is 73.5 Å². The van der Waals surface area contributed by atoms with Crippen molar-refractivity contribution in [3.8, 4) is 5.75 Å². The second kappa shape index (κ2) is 10.8. The van der Waals surface area contributed by atoms with E-state index in [1.165, 1.54) is 11.3 Å². The molecule has 3 heterocycles. The summed E-state index contributed by atoms with van der Waals surface area (Å²) in [6, 6.07) is 12.6. The van der Waals surface area contributed by atoms with E-state index in [1.54, 1.807) is 25.3 Å².